The predicted molar refractivity (Wildman–Crippen MR) is 97.7 cm³/mol. The van der Waals surface area contributed by atoms with Crippen LogP contribution in [0.2, 0.25) is 0 Å². The Morgan fingerprint density at radius 3 is 2.73 bits per heavy atom. The van der Waals surface area contributed by atoms with E-state index in [1.54, 1.807) is 25.4 Å². The molecule has 0 bridgehead atoms. The molecular weight excluding hydrogens is 336 g/mol. The third-order valence-corrected chi connectivity index (χ3v) is 4.05. The number of pyridine rings is 1. The molecule has 8 nitrogen and oxygen atoms in total. The quantitative estimate of drug-likeness (QED) is 0.694. The summed E-state index contributed by atoms with van der Waals surface area (Å²) in [5, 5.41) is 2.86. The summed E-state index contributed by atoms with van der Waals surface area (Å²) in [6, 6.07) is 3.35. The van der Waals surface area contributed by atoms with Gasteiger partial charge in [0.1, 0.15) is 17.2 Å². The first-order valence-electron chi connectivity index (χ1n) is 8.82. The molecule has 8 heteroatoms. The van der Waals surface area contributed by atoms with Crippen LogP contribution in [0.1, 0.15) is 46.5 Å². The van der Waals surface area contributed by atoms with Crippen LogP contribution >= 0.6 is 0 Å². The van der Waals surface area contributed by atoms with E-state index in [1.807, 2.05) is 20.8 Å². The van der Waals surface area contributed by atoms with Gasteiger partial charge in [-0.2, -0.15) is 0 Å². The number of hydrazine groups is 1. The Bertz CT molecular complexity index is 630. The number of carbonyl (C=O) groups excluding carboxylic acids is 2. The molecule has 2 amide bonds. The molecule has 0 radical (unpaired) electrons. The van der Waals surface area contributed by atoms with Gasteiger partial charge in [-0.3, -0.25) is 15.6 Å². The van der Waals surface area contributed by atoms with Crippen LogP contribution in [0.4, 0.5) is 10.6 Å². The Morgan fingerprint density at radius 2 is 2.04 bits per heavy atom. The second-order valence-corrected chi connectivity index (χ2v) is 7.40. The van der Waals surface area contributed by atoms with Crippen molar-refractivity contribution in [2.75, 3.05) is 12.5 Å². The van der Waals surface area contributed by atoms with E-state index < -0.39 is 11.7 Å². The molecule has 0 spiro atoms. The number of ether oxygens (including phenoxy) is 2. The maximum atomic E-state index is 12.4. The van der Waals surface area contributed by atoms with Crippen LogP contribution in [0.3, 0.4) is 0 Å². The third-order valence-electron chi connectivity index (χ3n) is 4.05. The maximum absolute atomic E-state index is 12.4. The molecule has 1 heterocycles. The number of hydrogen-bond acceptors (Lipinski definition) is 6. The molecule has 1 aliphatic carbocycles. The number of anilines is 1. The second kappa shape index (κ2) is 8.73. The summed E-state index contributed by atoms with van der Waals surface area (Å²) < 4.78 is 10.4. The predicted octanol–water partition coefficient (Wildman–Crippen LogP) is 2.62. The molecule has 26 heavy (non-hydrogen) atoms. The van der Waals surface area contributed by atoms with Crippen molar-refractivity contribution >= 4 is 17.8 Å². The van der Waals surface area contributed by atoms with Gasteiger partial charge in [0.2, 0.25) is 5.91 Å². The summed E-state index contributed by atoms with van der Waals surface area (Å²) >= 11 is 0. The molecule has 2 atom stereocenters. The van der Waals surface area contributed by atoms with Crippen LogP contribution in [0.15, 0.2) is 18.3 Å². The number of nitrogens with zero attached hydrogens (tertiary/aromatic N) is 1. The minimum absolute atomic E-state index is 0.0655. The zero-order chi connectivity index (χ0) is 19.2. The molecule has 0 saturated heterocycles. The minimum atomic E-state index is -0.539. The van der Waals surface area contributed by atoms with Gasteiger partial charge in [0.15, 0.2) is 0 Å². The van der Waals surface area contributed by atoms with Crippen molar-refractivity contribution in [1.82, 2.24) is 15.7 Å². The molecule has 1 aromatic rings. The third kappa shape index (κ3) is 6.42. The van der Waals surface area contributed by atoms with Crippen LogP contribution < -0.4 is 20.9 Å². The zero-order valence-electron chi connectivity index (χ0n) is 15.8. The molecule has 1 saturated carbocycles. The number of aromatic nitrogens is 1. The molecule has 1 aliphatic rings. The van der Waals surface area contributed by atoms with E-state index >= 15 is 0 Å². The molecular formula is C18H28N4O4. The zero-order valence-corrected chi connectivity index (χ0v) is 15.8. The van der Waals surface area contributed by atoms with Crippen molar-refractivity contribution in [1.29, 1.82) is 0 Å². The van der Waals surface area contributed by atoms with E-state index in [0.29, 0.717) is 18.0 Å². The fraction of sp³-hybridized carbons (Fsp3) is 0.611. The smallest absolute Gasteiger partial charge is 0.407 e. The van der Waals surface area contributed by atoms with Crippen molar-refractivity contribution in [2.24, 2.45) is 5.92 Å². The van der Waals surface area contributed by atoms with Gasteiger partial charge in [0.25, 0.3) is 0 Å². The molecule has 0 aromatic carbocycles. The lowest BCUT2D eigenvalue weighted by Gasteiger charge is -2.30. The first-order chi connectivity index (χ1) is 12.3. The fourth-order valence-electron chi connectivity index (χ4n) is 2.87. The number of rotatable bonds is 5. The van der Waals surface area contributed by atoms with Crippen molar-refractivity contribution in [3.05, 3.63) is 18.3 Å². The molecule has 0 aliphatic heterocycles. The highest BCUT2D eigenvalue weighted by molar-refractivity contribution is 5.80. The highest BCUT2D eigenvalue weighted by Crippen LogP contribution is 2.25. The summed E-state index contributed by atoms with van der Waals surface area (Å²) in [5.41, 5.74) is 4.94. The van der Waals surface area contributed by atoms with Gasteiger partial charge in [-0.1, -0.05) is 6.42 Å². The summed E-state index contributed by atoms with van der Waals surface area (Å²) in [7, 11) is 1.57. The molecule has 1 aromatic heterocycles. The number of amides is 2. The van der Waals surface area contributed by atoms with Gasteiger partial charge >= 0.3 is 6.09 Å². The van der Waals surface area contributed by atoms with Crippen LogP contribution in [-0.4, -0.2) is 35.7 Å². The topological polar surface area (TPSA) is 102 Å². The van der Waals surface area contributed by atoms with E-state index in [9.17, 15) is 9.59 Å². The molecule has 144 valence electrons. The van der Waals surface area contributed by atoms with Crippen LogP contribution in [0.25, 0.3) is 0 Å². The Kier molecular flexibility index (Phi) is 6.65. The van der Waals surface area contributed by atoms with Crippen LogP contribution in [-0.2, 0) is 9.53 Å². The number of nitrogens with one attached hydrogen (secondary N) is 3. The van der Waals surface area contributed by atoms with Crippen LogP contribution in [0.5, 0.6) is 5.75 Å². The average molecular weight is 364 g/mol. The maximum Gasteiger partial charge on any atom is 0.407 e. The van der Waals surface area contributed by atoms with Crippen molar-refractivity contribution < 1.29 is 19.1 Å². The summed E-state index contributed by atoms with van der Waals surface area (Å²) in [4.78, 5) is 28.4. The average Bonchev–Trinajstić information content (AvgIpc) is 2.58. The highest BCUT2D eigenvalue weighted by Gasteiger charge is 2.29. The number of carbonyl (C=O) groups is 2. The van der Waals surface area contributed by atoms with E-state index in [1.165, 1.54) is 0 Å². The number of methoxy groups -OCH3 is 1. The SMILES string of the molecule is COc1ccnc(NNC(=O)[C@H]2CCC[C@@H](NC(=O)OC(C)(C)C)C2)c1. The fourth-order valence-corrected chi connectivity index (χ4v) is 2.87. The number of hydrogen-bond donors (Lipinski definition) is 3. The van der Waals surface area contributed by atoms with Gasteiger partial charge in [-0.25, -0.2) is 9.78 Å². The standard InChI is InChI=1S/C18H28N4O4/c1-18(2,3)26-17(24)20-13-7-5-6-12(10-13)16(23)22-21-15-11-14(25-4)8-9-19-15/h8-9,11-13H,5-7,10H2,1-4H3,(H,19,21)(H,20,24)(H,22,23)/t12-,13+/m0/s1. The Morgan fingerprint density at radius 1 is 1.27 bits per heavy atom. The Balaban J connectivity index is 1.82. The van der Waals surface area contributed by atoms with Crippen LogP contribution in [0, 0.1) is 5.92 Å². The van der Waals surface area contributed by atoms with E-state index in [2.05, 4.69) is 21.2 Å². The minimum Gasteiger partial charge on any atom is -0.497 e. The van der Waals surface area contributed by atoms with E-state index in [-0.39, 0.29) is 17.9 Å². The van der Waals surface area contributed by atoms with E-state index in [4.69, 9.17) is 9.47 Å². The normalized spacial score (nSPS) is 20.0. The monoisotopic (exact) mass is 364 g/mol. The lowest BCUT2D eigenvalue weighted by atomic mass is 9.85. The molecule has 0 unspecified atom stereocenters. The first-order valence-corrected chi connectivity index (χ1v) is 8.82. The molecule has 1 fully saturated rings. The van der Waals surface area contributed by atoms with Crippen molar-refractivity contribution in [2.45, 2.75) is 58.1 Å². The summed E-state index contributed by atoms with van der Waals surface area (Å²) in [6.07, 6.45) is 4.23. The second-order valence-electron chi connectivity index (χ2n) is 7.40. The first kappa shape index (κ1) is 19.8. The lowest BCUT2D eigenvalue weighted by molar-refractivity contribution is -0.125. The summed E-state index contributed by atoms with van der Waals surface area (Å²) in [6.45, 7) is 5.46. The van der Waals surface area contributed by atoms with Gasteiger partial charge in [0.05, 0.1) is 7.11 Å². The largest absolute Gasteiger partial charge is 0.497 e. The lowest BCUT2D eigenvalue weighted by Crippen LogP contribution is -2.45. The molecule has 3 N–H and O–H groups in total. The Hall–Kier alpha value is -2.51. The van der Waals surface area contributed by atoms with Crippen molar-refractivity contribution in [3.8, 4) is 5.75 Å². The molecule has 2 rings (SSSR count). The Labute approximate surface area is 154 Å². The summed E-state index contributed by atoms with van der Waals surface area (Å²) in [5.74, 6) is 0.847. The number of alkyl carbamates (subject to hydrolysis) is 1. The van der Waals surface area contributed by atoms with Gasteiger partial charge < -0.3 is 14.8 Å². The van der Waals surface area contributed by atoms with Crippen molar-refractivity contribution in [3.63, 3.8) is 0 Å². The van der Waals surface area contributed by atoms with E-state index in [0.717, 1.165) is 19.3 Å². The van der Waals surface area contributed by atoms with Gasteiger partial charge in [-0.15, -0.1) is 0 Å². The van der Waals surface area contributed by atoms with Gasteiger partial charge in [0, 0.05) is 24.2 Å². The highest BCUT2D eigenvalue weighted by atomic mass is 16.6. The van der Waals surface area contributed by atoms with Gasteiger partial charge in [-0.05, 0) is 46.1 Å².